The van der Waals surface area contributed by atoms with Crippen LogP contribution in [-0.2, 0) is 11.4 Å². The van der Waals surface area contributed by atoms with E-state index >= 15 is 0 Å². The van der Waals surface area contributed by atoms with E-state index in [0.29, 0.717) is 41.2 Å². The highest BCUT2D eigenvalue weighted by Gasteiger charge is 2.05. The molecule has 0 heterocycles. The molecule has 0 bridgehead atoms. The predicted octanol–water partition coefficient (Wildman–Crippen LogP) is 5.98. The molecule has 0 aliphatic carbocycles. The molecule has 0 spiro atoms. The molecule has 0 fully saturated rings. The van der Waals surface area contributed by atoms with Crippen molar-refractivity contribution >= 4 is 29.3 Å². The van der Waals surface area contributed by atoms with Crippen molar-refractivity contribution in [3.8, 4) is 17.2 Å². The third kappa shape index (κ3) is 6.79. The van der Waals surface area contributed by atoms with Crippen LogP contribution in [0.5, 0.6) is 17.2 Å². The molecule has 160 valence electrons. The smallest absolute Gasteiger partial charge is 0.248 e. The first-order valence-corrected chi connectivity index (χ1v) is 10.2. The first-order valence-electron chi connectivity index (χ1n) is 9.84. The molecule has 3 aromatic rings. The van der Waals surface area contributed by atoms with Crippen LogP contribution in [-0.4, -0.2) is 19.6 Å². The average Bonchev–Trinajstić information content (AvgIpc) is 2.79. The van der Waals surface area contributed by atoms with Crippen molar-refractivity contribution in [1.82, 2.24) is 0 Å². The molecule has 1 N–H and O–H groups in total. The van der Waals surface area contributed by atoms with E-state index < -0.39 is 0 Å². The minimum atomic E-state index is -0.234. The molecular formula is C25H24ClNO4. The van der Waals surface area contributed by atoms with Gasteiger partial charge in [0.2, 0.25) is 5.91 Å². The van der Waals surface area contributed by atoms with Gasteiger partial charge in [-0.15, -0.1) is 0 Å². The number of anilines is 1. The Hall–Kier alpha value is -3.44. The largest absolute Gasteiger partial charge is 0.493 e. The highest BCUT2D eigenvalue weighted by molar-refractivity contribution is 6.30. The molecule has 0 radical (unpaired) electrons. The van der Waals surface area contributed by atoms with E-state index in [4.69, 9.17) is 25.8 Å². The van der Waals surface area contributed by atoms with Gasteiger partial charge in [0.05, 0.1) is 13.7 Å². The van der Waals surface area contributed by atoms with Gasteiger partial charge in [-0.1, -0.05) is 29.8 Å². The van der Waals surface area contributed by atoms with Crippen LogP contribution in [0.3, 0.4) is 0 Å². The van der Waals surface area contributed by atoms with E-state index in [-0.39, 0.29) is 5.91 Å². The fourth-order valence-corrected chi connectivity index (χ4v) is 2.93. The lowest BCUT2D eigenvalue weighted by Gasteiger charge is -2.09. The molecule has 31 heavy (non-hydrogen) atoms. The molecule has 3 aromatic carbocycles. The summed E-state index contributed by atoms with van der Waals surface area (Å²) in [7, 11) is 1.58. The number of halogens is 1. The number of carbonyl (C=O) groups is 1. The predicted molar refractivity (Wildman–Crippen MR) is 124 cm³/mol. The SMILES string of the molecule is CCOc1ccc(/C=C/C(=O)Nc2ccc(OCc3ccc(Cl)cc3)cc2)cc1OC. The first kappa shape index (κ1) is 22.2. The van der Waals surface area contributed by atoms with Gasteiger partial charge in [-0.2, -0.15) is 0 Å². The van der Waals surface area contributed by atoms with E-state index in [9.17, 15) is 4.79 Å². The molecule has 0 saturated carbocycles. The normalized spacial score (nSPS) is 10.7. The van der Waals surface area contributed by atoms with Gasteiger partial charge in [0.1, 0.15) is 12.4 Å². The average molecular weight is 438 g/mol. The van der Waals surface area contributed by atoms with Crippen molar-refractivity contribution in [3.05, 3.63) is 89.0 Å². The fourth-order valence-electron chi connectivity index (χ4n) is 2.80. The molecule has 0 saturated heterocycles. The van der Waals surface area contributed by atoms with Crippen molar-refractivity contribution in [1.29, 1.82) is 0 Å². The van der Waals surface area contributed by atoms with Crippen LogP contribution in [0.25, 0.3) is 6.08 Å². The second kappa shape index (κ2) is 11.1. The zero-order chi connectivity index (χ0) is 22.1. The second-order valence-corrected chi connectivity index (χ2v) is 7.04. The monoisotopic (exact) mass is 437 g/mol. The van der Waals surface area contributed by atoms with Crippen LogP contribution in [0.4, 0.5) is 5.69 Å². The molecule has 0 aliphatic rings. The number of rotatable bonds is 9. The maximum Gasteiger partial charge on any atom is 0.248 e. The van der Waals surface area contributed by atoms with Crippen LogP contribution < -0.4 is 19.5 Å². The highest BCUT2D eigenvalue weighted by atomic mass is 35.5. The topological polar surface area (TPSA) is 56.8 Å². The Kier molecular flexibility index (Phi) is 7.96. The number of hydrogen-bond acceptors (Lipinski definition) is 4. The summed E-state index contributed by atoms with van der Waals surface area (Å²) in [6, 6.07) is 20.2. The van der Waals surface area contributed by atoms with E-state index in [1.165, 1.54) is 6.08 Å². The van der Waals surface area contributed by atoms with Crippen molar-refractivity contribution in [2.24, 2.45) is 0 Å². The number of hydrogen-bond donors (Lipinski definition) is 1. The van der Waals surface area contributed by atoms with Crippen molar-refractivity contribution < 1.29 is 19.0 Å². The van der Waals surface area contributed by atoms with E-state index in [1.807, 2.05) is 61.5 Å². The van der Waals surface area contributed by atoms with Gasteiger partial charge in [0.15, 0.2) is 11.5 Å². The Balaban J connectivity index is 1.53. The summed E-state index contributed by atoms with van der Waals surface area (Å²) >= 11 is 5.89. The molecule has 5 nitrogen and oxygen atoms in total. The van der Waals surface area contributed by atoms with Crippen LogP contribution in [0, 0.1) is 0 Å². The summed E-state index contributed by atoms with van der Waals surface area (Å²) in [6.45, 7) is 2.91. The number of carbonyl (C=O) groups excluding carboxylic acids is 1. The molecule has 0 aliphatic heterocycles. The quantitative estimate of drug-likeness (QED) is 0.418. The molecule has 0 unspecified atom stereocenters. The Bertz CT molecular complexity index is 1030. The van der Waals surface area contributed by atoms with Crippen LogP contribution in [0.1, 0.15) is 18.1 Å². The van der Waals surface area contributed by atoms with E-state index in [0.717, 1.165) is 11.1 Å². The number of methoxy groups -OCH3 is 1. The van der Waals surface area contributed by atoms with Gasteiger partial charge in [-0.3, -0.25) is 4.79 Å². The Morgan fingerprint density at radius 3 is 2.39 bits per heavy atom. The van der Waals surface area contributed by atoms with Crippen molar-refractivity contribution in [3.63, 3.8) is 0 Å². The summed E-state index contributed by atoms with van der Waals surface area (Å²) in [5, 5.41) is 3.52. The summed E-state index contributed by atoms with van der Waals surface area (Å²) in [5.74, 6) is 1.77. The van der Waals surface area contributed by atoms with Gasteiger partial charge in [-0.25, -0.2) is 0 Å². The summed E-state index contributed by atoms with van der Waals surface area (Å²) in [4.78, 5) is 12.2. The standard InChI is InChI=1S/C25H24ClNO4/c1-3-30-23-14-6-18(16-24(23)29-2)7-15-25(28)27-21-10-12-22(13-11-21)31-17-19-4-8-20(26)9-5-19/h4-16H,3,17H2,1-2H3,(H,27,28)/b15-7+. The summed E-state index contributed by atoms with van der Waals surface area (Å²) in [6.07, 6.45) is 3.19. The Morgan fingerprint density at radius 1 is 0.968 bits per heavy atom. The van der Waals surface area contributed by atoms with Crippen LogP contribution >= 0.6 is 11.6 Å². The zero-order valence-corrected chi connectivity index (χ0v) is 18.2. The van der Waals surface area contributed by atoms with Crippen LogP contribution in [0.15, 0.2) is 72.8 Å². The number of ether oxygens (including phenoxy) is 3. The number of amides is 1. The van der Waals surface area contributed by atoms with Crippen molar-refractivity contribution in [2.75, 3.05) is 19.0 Å². The minimum absolute atomic E-state index is 0.234. The molecule has 0 atom stereocenters. The third-order valence-electron chi connectivity index (χ3n) is 4.36. The molecule has 1 amide bonds. The van der Waals surface area contributed by atoms with Gasteiger partial charge in [-0.05, 0) is 72.7 Å². The lowest BCUT2D eigenvalue weighted by atomic mass is 10.2. The molecule has 3 rings (SSSR count). The summed E-state index contributed by atoms with van der Waals surface area (Å²) < 4.78 is 16.6. The number of benzene rings is 3. The van der Waals surface area contributed by atoms with Gasteiger partial charge in [0, 0.05) is 16.8 Å². The lowest BCUT2D eigenvalue weighted by molar-refractivity contribution is -0.111. The van der Waals surface area contributed by atoms with Gasteiger partial charge in [0.25, 0.3) is 0 Å². The Morgan fingerprint density at radius 2 is 1.71 bits per heavy atom. The van der Waals surface area contributed by atoms with E-state index in [2.05, 4.69) is 5.32 Å². The molecule has 6 heteroatoms. The van der Waals surface area contributed by atoms with E-state index in [1.54, 1.807) is 25.3 Å². The first-order chi connectivity index (χ1) is 15.1. The Labute approximate surface area is 187 Å². The number of nitrogens with one attached hydrogen (secondary N) is 1. The highest BCUT2D eigenvalue weighted by Crippen LogP contribution is 2.28. The third-order valence-corrected chi connectivity index (χ3v) is 4.61. The zero-order valence-electron chi connectivity index (χ0n) is 17.4. The lowest BCUT2D eigenvalue weighted by Crippen LogP contribution is -2.07. The molecular weight excluding hydrogens is 414 g/mol. The van der Waals surface area contributed by atoms with Crippen molar-refractivity contribution in [2.45, 2.75) is 13.5 Å². The van der Waals surface area contributed by atoms with Gasteiger partial charge >= 0.3 is 0 Å². The van der Waals surface area contributed by atoms with Gasteiger partial charge < -0.3 is 19.5 Å². The maximum atomic E-state index is 12.2. The second-order valence-electron chi connectivity index (χ2n) is 6.61. The summed E-state index contributed by atoms with van der Waals surface area (Å²) in [5.41, 5.74) is 2.54. The maximum absolute atomic E-state index is 12.2. The van der Waals surface area contributed by atoms with Crippen LogP contribution in [0.2, 0.25) is 5.02 Å². The minimum Gasteiger partial charge on any atom is -0.493 e. The fraction of sp³-hybridized carbons (Fsp3) is 0.160. The molecule has 0 aromatic heterocycles.